The first-order valence-electron chi connectivity index (χ1n) is 10.1. The number of ketones is 3. The Balaban J connectivity index is 4.87. The Bertz CT molecular complexity index is 512. The van der Waals surface area contributed by atoms with Crippen molar-refractivity contribution in [3.63, 3.8) is 0 Å². The highest BCUT2D eigenvalue weighted by molar-refractivity contribution is 5.91. The van der Waals surface area contributed by atoms with E-state index in [1.165, 1.54) is 0 Å². The number of nitrogens with one attached hydrogen (secondary N) is 2. The first-order chi connectivity index (χ1) is 12.5. The van der Waals surface area contributed by atoms with Crippen LogP contribution in [0.3, 0.4) is 0 Å². The molecule has 6 heteroatoms. The summed E-state index contributed by atoms with van der Waals surface area (Å²) in [5.74, 6) is -0.494. The van der Waals surface area contributed by atoms with E-state index in [0.717, 1.165) is 0 Å². The average Bonchev–Trinajstić information content (AvgIpc) is 2.59. The quantitative estimate of drug-likeness (QED) is 0.482. The third-order valence-corrected chi connectivity index (χ3v) is 4.46. The molecule has 0 fully saturated rings. The van der Waals surface area contributed by atoms with Crippen LogP contribution in [0.1, 0.15) is 80.6 Å². The second kappa shape index (κ2) is 12.8. The third kappa shape index (κ3) is 10.4. The van der Waals surface area contributed by atoms with Gasteiger partial charge in [0.25, 0.3) is 0 Å². The number of rotatable bonds is 14. The minimum Gasteiger partial charge on any atom is -0.346 e. The van der Waals surface area contributed by atoms with E-state index in [2.05, 4.69) is 10.6 Å². The minimum absolute atomic E-state index is 0.0673. The summed E-state index contributed by atoms with van der Waals surface area (Å²) in [7, 11) is 0. The fourth-order valence-corrected chi connectivity index (χ4v) is 2.82. The number of carbonyl (C=O) groups is 4. The fourth-order valence-electron chi connectivity index (χ4n) is 2.82. The number of carbonyl (C=O) groups excluding carboxylic acids is 4. The molecule has 27 heavy (non-hydrogen) atoms. The lowest BCUT2D eigenvalue weighted by Crippen LogP contribution is -2.45. The zero-order valence-corrected chi connectivity index (χ0v) is 18.1. The van der Waals surface area contributed by atoms with Gasteiger partial charge in [0.2, 0.25) is 5.91 Å². The van der Waals surface area contributed by atoms with Gasteiger partial charge in [-0.25, -0.2) is 0 Å². The van der Waals surface area contributed by atoms with Gasteiger partial charge in [0, 0.05) is 37.1 Å². The van der Waals surface area contributed by atoms with E-state index < -0.39 is 6.04 Å². The largest absolute Gasteiger partial charge is 0.346 e. The van der Waals surface area contributed by atoms with Gasteiger partial charge in [0.15, 0.2) is 11.6 Å². The molecule has 0 radical (unpaired) electrons. The Kier molecular flexibility index (Phi) is 12.0. The first kappa shape index (κ1) is 25.4. The van der Waals surface area contributed by atoms with Crippen LogP contribution in [0.5, 0.6) is 0 Å². The van der Waals surface area contributed by atoms with Gasteiger partial charge in [-0.3, -0.25) is 19.2 Å². The van der Waals surface area contributed by atoms with Crippen LogP contribution < -0.4 is 10.6 Å². The van der Waals surface area contributed by atoms with Crippen molar-refractivity contribution in [3.05, 3.63) is 0 Å². The van der Waals surface area contributed by atoms with Crippen LogP contribution in [0, 0.1) is 11.8 Å². The SMILES string of the molecule is CCC(=O)CCC(NC(=O)CCC(NC(C)C)C(=O)C(C)C)C(=O)C(C)C. The molecule has 1 amide bonds. The van der Waals surface area contributed by atoms with Gasteiger partial charge in [0.1, 0.15) is 5.78 Å². The Hall–Kier alpha value is -1.56. The summed E-state index contributed by atoms with van der Waals surface area (Å²) in [6.07, 6.45) is 1.58. The van der Waals surface area contributed by atoms with E-state index in [1.54, 1.807) is 20.8 Å². The smallest absolute Gasteiger partial charge is 0.220 e. The number of hydrogen-bond acceptors (Lipinski definition) is 5. The molecule has 6 nitrogen and oxygen atoms in total. The van der Waals surface area contributed by atoms with Gasteiger partial charge < -0.3 is 10.6 Å². The highest BCUT2D eigenvalue weighted by Gasteiger charge is 2.26. The molecule has 156 valence electrons. The average molecular weight is 383 g/mol. The zero-order valence-electron chi connectivity index (χ0n) is 18.1. The van der Waals surface area contributed by atoms with Crippen LogP contribution in [0.2, 0.25) is 0 Å². The molecular weight excluding hydrogens is 344 g/mol. The molecule has 0 aromatic rings. The summed E-state index contributed by atoms with van der Waals surface area (Å²) < 4.78 is 0. The molecule has 0 aliphatic heterocycles. The van der Waals surface area contributed by atoms with Crippen LogP contribution in [0.4, 0.5) is 0 Å². The summed E-state index contributed by atoms with van der Waals surface area (Å²) in [6.45, 7) is 13.0. The van der Waals surface area contributed by atoms with Crippen LogP contribution in [-0.2, 0) is 19.2 Å². The molecule has 0 saturated carbocycles. The molecular formula is C21H38N2O4. The summed E-state index contributed by atoms with van der Waals surface area (Å²) in [5, 5.41) is 5.99. The molecule has 0 heterocycles. The predicted octanol–water partition coefficient (Wildman–Crippen LogP) is 2.83. The van der Waals surface area contributed by atoms with Crippen molar-refractivity contribution in [2.45, 2.75) is 98.7 Å². The topological polar surface area (TPSA) is 92.3 Å². The molecule has 0 aromatic carbocycles. The lowest BCUT2D eigenvalue weighted by atomic mass is 9.95. The third-order valence-electron chi connectivity index (χ3n) is 4.46. The van der Waals surface area contributed by atoms with Crippen LogP contribution in [0.25, 0.3) is 0 Å². The van der Waals surface area contributed by atoms with E-state index in [4.69, 9.17) is 0 Å². The zero-order chi connectivity index (χ0) is 21.1. The monoisotopic (exact) mass is 382 g/mol. The highest BCUT2D eigenvalue weighted by Crippen LogP contribution is 2.11. The molecule has 2 unspecified atom stereocenters. The van der Waals surface area contributed by atoms with Gasteiger partial charge in [0.05, 0.1) is 12.1 Å². The van der Waals surface area contributed by atoms with Crippen LogP contribution in [0.15, 0.2) is 0 Å². The van der Waals surface area contributed by atoms with Crippen molar-refractivity contribution < 1.29 is 19.2 Å². The molecule has 0 aliphatic rings. The normalized spacial score (nSPS) is 13.7. The van der Waals surface area contributed by atoms with Crippen molar-refractivity contribution in [1.29, 1.82) is 0 Å². The van der Waals surface area contributed by atoms with E-state index in [9.17, 15) is 19.2 Å². The molecule has 0 spiro atoms. The second-order valence-electron chi connectivity index (χ2n) is 8.08. The van der Waals surface area contributed by atoms with Gasteiger partial charge >= 0.3 is 0 Å². The number of amides is 1. The lowest BCUT2D eigenvalue weighted by Gasteiger charge is -2.23. The highest BCUT2D eigenvalue weighted by atomic mass is 16.2. The maximum Gasteiger partial charge on any atom is 0.220 e. The molecule has 0 aliphatic carbocycles. The summed E-state index contributed by atoms with van der Waals surface area (Å²) in [4.78, 5) is 48.7. The fraction of sp³-hybridized carbons (Fsp3) is 0.810. The summed E-state index contributed by atoms with van der Waals surface area (Å²) in [6, 6.07) is -0.891. The van der Waals surface area contributed by atoms with Crippen molar-refractivity contribution in [2.75, 3.05) is 0 Å². The van der Waals surface area contributed by atoms with E-state index in [0.29, 0.717) is 19.3 Å². The van der Waals surface area contributed by atoms with Crippen LogP contribution >= 0.6 is 0 Å². The maximum absolute atomic E-state index is 12.4. The van der Waals surface area contributed by atoms with Crippen molar-refractivity contribution in [2.24, 2.45) is 11.8 Å². The van der Waals surface area contributed by atoms with Crippen molar-refractivity contribution in [3.8, 4) is 0 Å². The Morgan fingerprint density at radius 2 is 1.22 bits per heavy atom. The number of hydrogen-bond donors (Lipinski definition) is 2. The molecule has 0 saturated heterocycles. The molecule has 0 bridgehead atoms. The van der Waals surface area contributed by atoms with Crippen molar-refractivity contribution >= 4 is 23.3 Å². The van der Waals surface area contributed by atoms with Gasteiger partial charge in [-0.05, 0) is 12.8 Å². The first-order valence-corrected chi connectivity index (χ1v) is 10.1. The van der Waals surface area contributed by atoms with Gasteiger partial charge in [-0.15, -0.1) is 0 Å². The molecule has 2 atom stereocenters. The number of Topliss-reactive ketones (excluding diaryl/α,β-unsaturated/α-hetero) is 3. The minimum atomic E-state index is -0.648. The van der Waals surface area contributed by atoms with E-state index in [1.807, 2.05) is 27.7 Å². The second-order valence-corrected chi connectivity index (χ2v) is 8.08. The van der Waals surface area contributed by atoms with Crippen LogP contribution in [-0.4, -0.2) is 41.4 Å². The predicted molar refractivity (Wildman–Crippen MR) is 107 cm³/mol. The molecule has 2 N–H and O–H groups in total. The van der Waals surface area contributed by atoms with Gasteiger partial charge in [-0.1, -0.05) is 48.5 Å². The van der Waals surface area contributed by atoms with E-state index in [-0.39, 0.29) is 60.0 Å². The Labute approximate surface area is 164 Å². The standard InChI is InChI=1S/C21H38N2O4/c1-8-16(24)9-10-18(21(27)14(4)5)23-19(25)12-11-17(22-15(6)7)20(26)13(2)3/h13-15,17-18,22H,8-12H2,1-7H3,(H,23,25). The van der Waals surface area contributed by atoms with Crippen molar-refractivity contribution in [1.82, 2.24) is 10.6 Å². The molecule has 0 aromatic heterocycles. The maximum atomic E-state index is 12.4. The summed E-state index contributed by atoms with van der Waals surface area (Å²) >= 11 is 0. The molecule has 0 rings (SSSR count). The Morgan fingerprint density at radius 3 is 1.67 bits per heavy atom. The van der Waals surface area contributed by atoms with E-state index >= 15 is 0 Å². The summed E-state index contributed by atoms with van der Waals surface area (Å²) in [5.41, 5.74) is 0. The Morgan fingerprint density at radius 1 is 0.741 bits per heavy atom. The lowest BCUT2D eigenvalue weighted by molar-refractivity contribution is -0.130. The van der Waals surface area contributed by atoms with Gasteiger partial charge in [-0.2, -0.15) is 0 Å².